The maximum Gasteiger partial charge on any atom is 0.100 e. The Morgan fingerprint density at radius 2 is 2.25 bits per heavy atom. The number of thioether (sulfide) groups is 1. The number of rotatable bonds is 0. The Hall–Kier alpha value is 0.310. The molecule has 0 aliphatic carbocycles. The first-order valence-corrected chi connectivity index (χ1v) is 4.00. The first-order valence-electron chi connectivity index (χ1n) is 3.06. The van der Waals surface area contributed by atoms with E-state index in [0.717, 1.165) is 11.9 Å². The van der Waals surface area contributed by atoms with Gasteiger partial charge < -0.3 is 4.74 Å². The van der Waals surface area contributed by atoms with E-state index in [1.54, 1.807) is 0 Å². The number of ether oxygens (including phenoxy) is 1. The normalized spacial score (nSPS) is 39.8. The van der Waals surface area contributed by atoms with Crippen LogP contribution in [0.4, 0.5) is 0 Å². The lowest BCUT2D eigenvalue weighted by Gasteiger charge is -2.23. The van der Waals surface area contributed by atoms with Gasteiger partial charge in [0.2, 0.25) is 0 Å². The van der Waals surface area contributed by atoms with Gasteiger partial charge >= 0.3 is 0 Å². The summed E-state index contributed by atoms with van der Waals surface area (Å²) in [4.78, 5) is 0. The quantitative estimate of drug-likeness (QED) is 0.497. The number of hydrogen-bond acceptors (Lipinski definition) is 2. The van der Waals surface area contributed by atoms with E-state index >= 15 is 0 Å². The van der Waals surface area contributed by atoms with Crippen molar-refractivity contribution in [3.8, 4) is 0 Å². The fourth-order valence-corrected chi connectivity index (χ4v) is 1.90. The maximum atomic E-state index is 5.31. The smallest absolute Gasteiger partial charge is 0.100 e. The summed E-state index contributed by atoms with van der Waals surface area (Å²) in [5.74, 6) is 0. The van der Waals surface area contributed by atoms with E-state index in [2.05, 4.69) is 13.8 Å². The van der Waals surface area contributed by atoms with Crippen molar-refractivity contribution in [2.45, 2.75) is 31.0 Å². The highest BCUT2D eigenvalue weighted by Crippen LogP contribution is 2.25. The monoisotopic (exact) mass is 132 g/mol. The van der Waals surface area contributed by atoms with E-state index in [-0.39, 0.29) is 0 Å². The highest BCUT2D eigenvalue weighted by atomic mass is 32.2. The third kappa shape index (κ3) is 1.67. The minimum Gasteiger partial charge on any atom is -0.368 e. The second-order valence-corrected chi connectivity index (χ2v) is 3.91. The standard InChI is InChI=1S/C6H12OS/c1-5-3-4-7-6(2)8-5/h5-6H,3-4H2,1-2H3. The van der Waals surface area contributed by atoms with Gasteiger partial charge in [0.15, 0.2) is 0 Å². The van der Waals surface area contributed by atoms with Gasteiger partial charge in [0, 0.05) is 11.9 Å². The third-order valence-electron chi connectivity index (χ3n) is 1.30. The molecule has 2 heteroatoms. The van der Waals surface area contributed by atoms with Crippen molar-refractivity contribution < 1.29 is 4.74 Å². The molecular formula is C6H12OS. The van der Waals surface area contributed by atoms with Crippen molar-refractivity contribution in [3.63, 3.8) is 0 Å². The molecule has 1 aliphatic heterocycles. The first-order chi connectivity index (χ1) is 3.79. The maximum absolute atomic E-state index is 5.31. The van der Waals surface area contributed by atoms with Crippen LogP contribution in [-0.2, 0) is 4.74 Å². The topological polar surface area (TPSA) is 9.23 Å². The predicted octanol–water partition coefficient (Wildman–Crippen LogP) is 1.87. The van der Waals surface area contributed by atoms with Gasteiger partial charge in [0.05, 0.1) is 0 Å². The summed E-state index contributed by atoms with van der Waals surface area (Å²) in [6.45, 7) is 5.32. The molecule has 0 N–H and O–H groups in total. The van der Waals surface area contributed by atoms with Gasteiger partial charge in [-0.05, 0) is 13.3 Å². The van der Waals surface area contributed by atoms with Crippen LogP contribution in [-0.4, -0.2) is 17.3 Å². The second-order valence-electron chi connectivity index (χ2n) is 2.17. The van der Waals surface area contributed by atoms with Gasteiger partial charge in [0.25, 0.3) is 0 Å². The van der Waals surface area contributed by atoms with Crippen molar-refractivity contribution in [2.75, 3.05) is 6.61 Å². The van der Waals surface area contributed by atoms with Crippen LogP contribution >= 0.6 is 11.8 Å². The van der Waals surface area contributed by atoms with Crippen LogP contribution in [0.3, 0.4) is 0 Å². The molecule has 0 spiro atoms. The fourth-order valence-electron chi connectivity index (χ4n) is 0.834. The van der Waals surface area contributed by atoms with Crippen LogP contribution in [0.2, 0.25) is 0 Å². The summed E-state index contributed by atoms with van der Waals surface area (Å²) in [6, 6.07) is 0. The highest BCUT2D eigenvalue weighted by Gasteiger charge is 2.14. The molecule has 0 radical (unpaired) electrons. The molecule has 2 unspecified atom stereocenters. The Bertz CT molecular complexity index is 66.9. The molecule has 1 saturated heterocycles. The van der Waals surface area contributed by atoms with Crippen molar-refractivity contribution in [3.05, 3.63) is 0 Å². The lowest BCUT2D eigenvalue weighted by Crippen LogP contribution is -2.18. The Morgan fingerprint density at radius 1 is 1.50 bits per heavy atom. The Balaban J connectivity index is 2.23. The predicted molar refractivity (Wildman–Crippen MR) is 37.1 cm³/mol. The molecule has 1 nitrogen and oxygen atoms in total. The second kappa shape index (κ2) is 2.74. The van der Waals surface area contributed by atoms with Crippen LogP contribution in [0, 0.1) is 0 Å². The molecule has 1 rings (SSSR count). The van der Waals surface area contributed by atoms with Gasteiger partial charge in [-0.25, -0.2) is 0 Å². The van der Waals surface area contributed by atoms with Crippen molar-refractivity contribution >= 4 is 11.8 Å². The van der Waals surface area contributed by atoms with Gasteiger partial charge in [-0.1, -0.05) is 6.92 Å². The summed E-state index contributed by atoms with van der Waals surface area (Å²) in [6.07, 6.45) is 1.22. The van der Waals surface area contributed by atoms with E-state index in [1.807, 2.05) is 11.8 Å². The molecule has 0 amide bonds. The highest BCUT2D eigenvalue weighted by molar-refractivity contribution is 8.00. The average Bonchev–Trinajstić information content (AvgIpc) is 1.64. The molecule has 0 aromatic rings. The lowest BCUT2D eigenvalue weighted by atomic mass is 10.3. The van der Waals surface area contributed by atoms with E-state index in [4.69, 9.17) is 4.74 Å². The molecule has 8 heavy (non-hydrogen) atoms. The zero-order valence-corrected chi connectivity index (χ0v) is 6.20. The SMILES string of the molecule is CC1CCOC(C)S1. The minimum absolute atomic E-state index is 0.429. The largest absolute Gasteiger partial charge is 0.368 e. The lowest BCUT2D eigenvalue weighted by molar-refractivity contribution is 0.112. The molecule has 1 aliphatic rings. The minimum atomic E-state index is 0.429. The number of hydrogen-bond donors (Lipinski definition) is 0. The molecule has 0 saturated carbocycles. The molecule has 0 aromatic carbocycles. The molecule has 0 bridgehead atoms. The van der Waals surface area contributed by atoms with E-state index in [0.29, 0.717) is 5.44 Å². The van der Waals surface area contributed by atoms with Gasteiger partial charge in [-0.2, -0.15) is 0 Å². The fraction of sp³-hybridized carbons (Fsp3) is 1.00. The Morgan fingerprint density at radius 3 is 2.62 bits per heavy atom. The van der Waals surface area contributed by atoms with Crippen molar-refractivity contribution in [1.29, 1.82) is 0 Å². The van der Waals surface area contributed by atoms with Crippen LogP contribution < -0.4 is 0 Å². The zero-order valence-electron chi connectivity index (χ0n) is 5.39. The molecule has 2 atom stereocenters. The van der Waals surface area contributed by atoms with Crippen LogP contribution in [0.25, 0.3) is 0 Å². The van der Waals surface area contributed by atoms with Crippen LogP contribution in [0.1, 0.15) is 20.3 Å². The Labute approximate surface area is 54.8 Å². The van der Waals surface area contributed by atoms with Gasteiger partial charge in [-0.15, -0.1) is 11.8 Å². The Kier molecular flexibility index (Phi) is 2.20. The first kappa shape index (κ1) is 6.43. The third-order valence-corrected chi connectivity index (χ3v) is 2.52. The average molecular weight is 132 g/mol. The molecule has 0 aromatic heterocycles. The molecule has 48 valence electrons. The van der Waals surface area contributed by atoms with Crippen LogP contribution in [0.15, 0.2) is 0 Å². The van der Waals surface area contributed by atoms with Crippen LogP contribution in [0.5, 0.6) is 0 Å². The van der Waals surface area contributed by atoms with Crippen molar-refractivity contribution in [1.82, 2.24) is 0 Å². The molecule has 1 fully saturated rings. The van der Waals surface area contributed by atoms with E-state index < -0.39 is 0 Å². The molecule has 1 heterocycles. The van der Waals surface area contributed by atoms with E-state index in [1.165, 1.54) is 6.42 Å². The summed E-state index contributed by atoms with van der Waals surface area (Å²) in [5.41, 5.74) is 0.429. The summed E-state index contributed by atoms with van der Waals surface area (Å²) in [5, 5.41) is 0.804. The summed E-state index contributed by atoms with van der Waals surface area (Å²) in [7, 11) is 0. The summed E-state index contributed by atoms with van der Waals surface area (Å²) >= 11 is 1.92. The summed E-state index contributed by atoms with van der Waals surface area (Å²) < 4.78 is 5.31. The van der Waals surface area contributed by atoms with Gasteiger partial charge in [-0.3, -0.25) is 0 Å². The molecular weight excluding hydrogens is 120 g/mol. The zero-order chi connectivity index (χ0) is 5.98. The van der Waals surface area contributed by atoms with Gasteiger partial charge in [0.1, 0.15) is 5.44 Å². The van der Waals surface area contributed by atoms with E-state index in [9.17, 15) is 0 Å². The van der Waals surface area contributed by atoms with Crippen molar-refractivity contribution in [2.24, 2.45) is 0 Å².